The number of hydrogen-bond acceptors (Lipinski definition) is 3. The molecule has 2 aromatic carbocycles. The molecule has 0 radical (unpaired) electrons. The zero-order valence-electron chi connectivity index (χ0n) is 13.5. The van der Waals surface area contributed by atoms with Crippen molar-refractivity contribution in [3.63, 3.8) is 0 Å². The standard InChI is InChI=1S/C21H13ClN2O/c1-13-6-8-14(9-7-13)19-10-17-20(16-4-2-3-5-18(16)22)15(11-23)12-24-21(17)25-19/h2-10,12H,1H3. The molecule has 0 aliphatic heterocycles. The van der Waals surface area contributed by atoms with E-state index in [1.807, 2.05) is 61.5 Å². The molecule has 4 heteroatoms. The van der Waals surface area contributed by atoms with Crippen molar-refractivity contribution in [3.05, 3.63) is 76.9 Å². The molecular formula is C21H13ClN2O. The van der Waals surface area contributed by atoms with Crippen molar-refractivity contribution in [2.24, 2.45) is 0 Å². The lowest BCUT2D eigenvalue weighted by atomic mass is 9.98. The number of fused-ring (bicyclic) bond motifs is 1. The number of aromatic nitrogens is 1. The number of pyridine rings is 1. The normalized spacial score (nSPS) is 10.8. The van der Waals surface area contributed by atoms with Crippen molar-refractivity contribution in [1.29, 1.82) is 5.26 Å². The molecule has 0 aliphatic carbocycles. The number of benzene rings is 2. The third-order valence-corrected chi connectivity index (χ3v) is 4.49. The zero-order chi connectivity index (χ0) is 17.4. The van der Waals surface area contributed by atoms with Gasteiger partial charge < -0.3 is 4.42 Å². The van der Waals surface area contributed by atoms with Gasteiger partial charge in [-0.15, -0.1) is 0 Å². The quantitative estimate of drug-likeness (QED) is 0.448. The number of rotatable bonds is 2. The maximum absolute atomic E-state index is 9.52. The topological polar surface area (TPSA) is 49.8 Å². The lowest BCUT2D eigenvalue weighted by Crippen LogP contribution is -1.88. The Balaban J connectivity index is 2.00. The van der Waals surface area contributed by atoms with Crippen LogP contribution < -0.4 is 0 Å². The smallest absolute Gasteiger partial charge is 0.227 e. The van der Waals surface area contributed by atoms with Gasteiger partial charge in [-0.3, -0.25) is 0 Å². The highest BCUT2D eigenvalue weighted by atomic mass is 35.5. The van der Waals surface area contributed by atoms with Crippen molar-refractivity contribution in [2.75, 3.05) is 0 Å². The third kappa shape index (κ3) is 2.67. The van der Waals surface area contributed by atoms with E-state index in [1.165, 1.54) is 11.8 Å². The van der Waals surface area contributed by atoms with E-state index in [9.17, 15) is 5.26 Å². The van der Waals surface area contributed by atoms with E-state index in [0.29, 0.717) is 22.1 Å². The lowest BCUT2D eigenvalue weighted by molar-refractivity contribution is 0.618. The zero-order valence-corrected chi connectivity index (χ0v) is 14.2. The Morgan fingerprint density at radius 2 is 1.84 bits per heavy atom. The van der Waals surface area contributed by atoms with Crippen LogP contribution in [0.5, 0.6) is 0 Å². The predicted octanol–water partition coefficient (Wildman–Crippen LogP) is 6.00. The molecule has 0 aliphatic rings. The summed E-state index contributed by atoms with van der Waals surface area (Å²) < 4.78 is 5.93. The van der Waals surface area contributed by atoms with Crippen LogP contribution in [0.2, 0.25) is 5.02 Å². The SMILES string of the molecule is Cc1ccc(-c2cc3c(-c4ccccc4Cl)c(C#N)cnc3o2)cc1. The molecule has 0 saturated heterocycles. The summed E-state index contributed by atoms with van der Waals surface area (Å²) in [4.78, 5) is 4.30. The molecule has 0 spiro atoms. The number of nitrogens with zero attached hydrogens (tertiary/aromatic N) is 2. The number of furan rings is 1. The number of nitriles is 1. The summed E-state index contributed by atoms with van der Waals surface area (Å²) in [7, 11) is 0. The highest BCUT2D eigenvalue weighted by Gasteiger charge is 2.17. The van der Waals surface area contributed by atoms with Gasteiger partial charge in [0.05, 0.1) is 10.9 Å². The van der Waals surface area contributed by atoms with Gasteiger partial charge in [-0.25, -0.2) is 4.98 Å². The van der Waals surface area contributed by atoms with E-state index < -0.39 is 0 Å². The molecule has 0 bridgehead atoms. The number of halogens is 1. The fraction of sp³-hybridized carbons (Fsp3) is 0.0476. The van der Waals surface area contributed by atoms with Gasteiger partial charge in [-0.1, -0.05) is 59.6 Å². The molecule has 2 aromatic heterocycles. The Bertz CT molecular complexity index is 1120. The summed E-state index contributed by atoms with van der Waals surface area (Å²) >= 11 is 6.37. The van der Waals surface area contributed by atoms with E-state index in [2.05, 4.69) is 11.1 Å². The molecule has 25 heavy (non-hydrogen) atoms. The summed E-state index contributed by atoms with van der Waals surface area (Å²) in [5.41, 5.74) is 4.65. The van der Waals surface area contributed by atoms with Gasteiger partial charge >= 0.3 is 0 Å². The number of aryl methyl sites for hydroxylation is 1. The van der Waals surface area contributed by atoms with Crippen molar-refractivity contribution < 1.29 is 4.42 Å². The molecule has 120 valence electrons. The van der Waals surface area contributed by atoms with Crippen molar-refractivity contribution in [1.82, 2.24) is 4.98 Å². The lowest BCUT2D eigenvalue weighted by Gasteiger charge is -2.07. The monoisotopic (exact) mass is 344 g/mol. The van der Waals surface area contributed by atoms with Crippen LogP contribution in [-0.4, -0.2) is 4.98 Å². The molecule has 2 heterocycles. The largest absolute Gasteiger partial charge is 0.438 e. The molecule has 0 unspecified atom stereocenters. The predicted molar refractivity (Wildman–Crippen MR) is 99.3 cm³/mol. The van der Waals surface area contributed by atoms with Crippen LogP contribution >= 0.6 is 11.6 Å². The second-order valence-corrected chi connectivity index (χ2v) is 6.24. The summed E-state index contributed by atoms with van der Waals surface area (Å²) in [6.45, 7) is 2.04. The first-order valence-electron chi connectivity index (χ1n) is 7.82. The highest BCUT2D eigenvalue weighted by Crippen LogP contribution is 2.38. The van der Waals surface area contributed by atoms with Gasteiger partial charge in [0.1, 0.15) is 11.8 Å². The Morgan fingerprint density at radius 3 is 2.56 bits per heavy atom. The van der Waals surface area contributed by atoms with Crippen LogP contribution in [0.25, 0.3) is 33.6 Å². The van der Waals surface area contributed by atoms with Crippen LogP contribution in [-0.2, 0) is 0 Å². The summed E-state index contributed by atoms with van der Waals surface area (Å²) in [5, 5.41) is 10.9. The highest BCUT2D eigenvalue weighted by molar-refractivity contribution is 6.33. The average Bonchev–Trinajstić information content (AvgIpc) is 3.06. The Morgan fingerprint density at radius 1 is 1.08 bits per heavy atom. The van der Waals surface area contributed by atoms with Crippen molar-refractivity contribution >= 4 is 22.7 Å². The van der Waals surface area contributed by atoms with Crippen LogP contribution in [0.4, 0.5) is 0 Å². The molecule has 0 amide bonds. The Kier molecular flexibility index (Phi) is 3.76. The van der Waals surface area contributed by atoms with E-state index >= 15 is 0 Å². The first-order valence-corrected chi connectivity index (χ1v) is 8.20. The van der Waals surface area contributed by atoms with E-state index in [1.54, 1.807) is 0 Å². The van der Waals surface area contributed by atoms with Crippen LogP contribution in [0.3, 0.4) is 0 Å². The first kappa shape index (κ1) is 15.4. The average molecular weight is 345 g/mol. The van der Waals surface area contributed by atoms with Crippen molar-refractivity contribution in [2.45, 2.75) is 6.92 Å². The third-order valence-electron chi connectivity index (χ3n) is 4.16. The van der Waals surface area contributed by atoms with Crippen LogP contribution in [0.15, 0.2) is 65.2 Å². The first-order chi connectivity index (χ1) is 12.2. The van der Waals surface area contributed by atoms with Crippen LogP contribution in [0.1, 0.15) is 11.1 Å². The minimum Gasteiger partial charge on any atom is -0.438 e. The second kappa shape index (κ2) is 6.08. The minimum atomic E-state index is 0.469. The molecule has 0 N–H and O–H groups in total. The van der Waals surface area contributed by atoms with E-state index in [4.69, 9.17) is 16.0 Å². The molecule has 4 aromatic rings. The molecule has 4 rings (SSSR count). The maximum atomic E-state index is 9.52. The second-order valence-electron chi connectivity index (χ2n) is 5.83. The van der Waals surface area contributed by atoms with E-state index in [0.717, 1.165) is 22.1 Å². The minimum absolute atomic E-state index is 0.469. The van der Waals surface area contributed by atoms with Gasteiger partial charge in [0.2, 0.25) is 5.71 Å². The molecule has 0 atom stereocenters. The van der Waals surface area contributed by atoms with Gasteiger partial charge in [-0.2, -0.15) is 5.26 Å². The fourth-order valence-corrected chi connectivity index (χ4v) is 3.12. The van der Waals surface area contributed by atoms with Crippen LogP contribution in [0, 0.1) is 18.3 Å². The van der Waals surface area contributed by atoms with Gasteiger partial charge in [0.15, 0.2) is 0 Å². The van der Waals surface area contributed by atoms with E-state index in [-0.39, 0.29) is 0 Å². The van der Waals surface area contributed by atoms with Gasteiger partial charge in [0, 0.05) is 27.9 Å². The Labute approximate surface area is 150 Å². The molecule has 3 nitrogen and oxygen atoms in total. The summed E-state index contributed by atoms with van der Waals surface area (Å²) in [6, 6.07) is 19.7. The number of hydrogen-bond donors (Lipinski definition) is 0. The summed E-state index contributed by atoms with van der Waals surface area (Å²) in [6.07, 6.45) is 1.53. The Hall–Kier alpha value is -3.09. The fourth-order valence-electron chi connectivity index (χ4n) is 2.89. The van der Waals surface area contributed by atoms with Gasteiger partial charge in [-0.05, 0) is 19.1 Å². The van der Waals surface area contributed by atoms with Gasteiger partial charge in [0.25, 0.3) is 0 Å². The maximum Gasteiger partial charge on any atom is 0.227 e. The van der Waals surface area contributed by atoms with Crippen molar-refractivity contribution in [3.8, 4) is 28.5 Å². The molecular weight excluding hydrogens is 332 g/mol. The summed E-state index contributed by atoms with van der Waals surface area (Å²) in [5.74, 6) is 0.714. The molecule has 0 fully saturated rings. The molecule has 0 saturated carbocycles.